The number of halogens is 1. The predicted molar refractivity (Wildman–Crippen MR) is 56.5 cm³/mol. The summed E-state index contributed by atoms with van der Waals surface area (Å²) in [5, 5.41) is 10.6. The van der Waals surface area contributed by atoms with Gasteiger partial charge in [0.25, 0.3) is 0 Å². The molecule has 82 valence electrons. The molecule has 0 bridgehead atoms. The van der Waals surface area contributed by atoms with Gasteiger partial charge in [0, 0.05) is 5.56 Å². The van der Waals surface area contributed by atoms with Gasteiger partial charge >= 0.3 is 5.69 Å². The zero-order chi connectivity index (χ0) is 11.8. The summed E-state index contributed by atoms with van der Waals surface area (Å²) in [5.41, 5.74) is 0.497. The summed E-state index contributed by atoms with van der Waals surface area (Å²) in [5.74, 6) is -0.759. The number of nitro benzene ring substituents is 1. The van der Waals surface area contributed by atoms with Gasteiger partial charge in [-0.2, -0.15) is 4.39 Å². The Morgan fingerprint density at radius 3 is 2.20 bits per heavy atom. The molecule has 0 radical (unpaired) electrons. The van der Waals surface area contributed by atoms with E-state index >= 15 is 0 Å². The van der Waals surface area contributed by atoms with E-state index < -0.39 is 16.4 Å². The first-order chi connectivity index (χ1) is 6.73. The predicted octanol–water partition coefficient (Wildman–Crippen LogP) is 3.34. The Morgan fingerprint density at radius 2 is 1.87 bits per heavy atom. The Morgan fingerprint density at radius 1 is 1.33 bits per heavy atom. The van der Waals surface area contributed by atoms with Gasteiger partial charge in [0.15, 0.2) is 0 Å². The zero-order valence-corrected chi connectivity index (χ0v) is 9.30. The molecule has 0 aliphatic heterocycles. The van der Waals surface area contributed by atoms with Crippen molar-refractivity contribution < 1.29 is 9.31 Å². The van der Waals surface area contributed by atoms with E-state index in [9.17, 15) is 14.5 Å². The molecule has 3 nitrogen and oxygen atoms in total. The molecule has 0 saturated heterocycles. The van der Waals surface area contributed by atoms with Gasteiger partial charge in [0.1, 0.15) is 0 Å². The maximum absolute atomic E-state index is 13.5. The quantitative estimate of drug-likeness (QED) is 0.528. The molecular weight excluding hydrogens is 197 g/mol. The van der Waals surface area contributed by atoms with E-state index in [2.05, 4.69) is 0 Å². The van der Waals surface area contributed by atoms with Crippen molar-refractivity contribution in [3.63, 3.8) is 0 Å². The Kier molecular flexibility index (Phi) is 2.79. The number of hydrogen-bond acceptors (Lipinski definition) is 2. The number of rotatable bonds is 1. The van der Waals surface area contributed by atoms with Gasteiger partial charge in [-0.1, -0.05) is 20.8 Å². The zero-order valence-electron chi connectivity index (χ0n) is 9.30. The first-order valence-corrected chi connectivity index (χ1v) is 4.68. The lowest BCUT2D eigenvalue weighted by Gasteiger charge is -2.19. The van der Waals surface area contributed by atoms with Gasteiger partial charge in [-0.3, -0.25) is 10.1 Å². The van der Waals surface area contributed by atoms with Crippen molar-refractivity contribution in [3.8, 4) is 0 Å². The highest BCUT2D eigenvalue weighted by molar-refractivity contribution is 5.45. The maximum atomic E-state index is 13.5. The molecule has 0 fully saturated rings. The topological polar surface area (TPSA) is 43.1 Å². The lowest BCUT2D eigenvalue weighted by atomic mass is 9.86. The Bertz CT molecular complexity index is 385. The van der Waals surface area contributed by atoms with Crippen molar-refractivity contribution >= 4 is 5.69 Å². The Balaban J connectivity index is 3.39. The minimum atomic E-state index is -0.759. The number of hydrogen-bond donors (Lipinski definition) is 0. The molecule has 15 heavy (non-hydrogen) atoms. The van der Waals surface area contributed by atoms with Gasteiger partial charge in [0.05, 0.1) is 4.92 Å². The molecule has 1 aromatic rings. The van der Waals surface area contributed by atoms with Crippen LogP contribution in [0.25, 0.3) is 0 Å². The number of nitro groups is 1. The van der Waals surface area contributed by atoms with E-state index in [1.54, 1.807) is 13.0 Å². The van der Waals surface area contributed by atoms with E-state index in [0.29, 0.717) is 5.56 Å². The molecule has 0 aromatic heterocycles. The van der Waals surface area contributed by atoms with Crippen LogP contribution in [0.2, 0.25) is 0 Å². The van der Waals surface area contributed by atoms with Crippen LogP contribution in [0.3, 0.4) is 0 Å². The van der Waals surface area contributed by atoms with Crippen molar-refractivity contribution in [2.24, 2.45) is 0 Å². The summed E-state index contributed by atoms with van der Waals surface area (Å²) < 4.78 is 13.5. The summed E-state index contributed by atoms with van der Waals surface area (Å²) >= 11 is 0. The van der Waals surface area contributed by atoms with Crippen LogP contribution in [0.1, 0.15) is 31.9 Å². The highest BCUT2D eigenvalue weighted by Gasteiger charge is 2.23. The van der Waals surface area contributed by atoms with Crippen molar-refractivity contribution in [2.45, 2.75) is 33.1 Å². The third-order valence-corrected chi connectivity index (χ3v) is 2.30. The highest BCUT2D eigenvalue weighted by atomic mass is 19.1. The average molecular weight is 211 g/mol. The molecule has 0 aliphatic carbocycles. The van der Waals surface area contributed by atoms with Crippen LogP contribution in [-0.4, -0.2) is 4.92 Å². The molecule has 0 aliphatic rings. The van der Waals surface area contributed by atoms with Crippen LogP contribution in [0.4, 0.5) is 10.1 Å². The molecule has 0 atom stereocenters. The fourth-order valence-corrected chi connectivity index (χ4v) is 1.40. The third kappa shape index (κ3) is 2.32. The van der Waals surface area contributed by atoms with Crippen LogP contribution in [0.5, 0.6) is 0 Å². The molecule has 0 unspecified atom stereocenters. The van der Waals surface area contributed by atoms with Crippen molar-refractivity contribution in [2.75, 3.05) is 0 Å². The third-order valence-electron chi connectivity index (χ3n) is 2.30. The van der Waals surface area contributed by atoms with Gasteiger partial charge in [-0.05, 0) is 30.0 Å². The maximum Gasteiger partial charge on any atom is 0.307 e. The normalized spacial score (nSPS) is 11.5. The smallest absolute Gasteiger partial charge is 0.258 e. The van der Waals surface area contributed by atoms with Crippen LogP contribution in [0, 0.1) is 22.9 Å². The van der Waals surface area contributed by atoms with E-state index in [1.165, 1.54) is 6.07 Å². The van der Waals surface area contributed by atoms with E-state index in [-0.39, 0.29) is 5.41 Å². The molecule has 0 N–H and O–H groups in total. The van der Waals surface area contributed by atoms with E-state index in [0.717, 1.165) is 5.56 Å². The number of nitrogens with zero attached hydrogens (tertiary/aromatic N) is 1. The number of benzene rings is 1. The number of aryl methyl sites for hydroxylation is 1. The second-order valence-corrected chi connectivity index (χ2v) is 4.63. The first kappa shape index (κ1) is 11.6. The lowest BCUT2D eigenvalue weighted by molar-refractivity contribution is -0.388. The van der Waals surface area contributed by atoms with Crippen LogP contribution >= 0.6 is 0 Å². The monoisotopic (exact) mass is 211 g/mol. The molecular formula is C11H14FNO2. The second kappa shape index (κ2) is 3.61. The SMILES string of the molecule is Cc1cc(C(C)(C)C)cc(F)c1[N+](=O)[O-]. The van der Waals surface area contributed by atoms with Gasteiger partial charge in [-0.15, -0.1) is 0 Å². The fraction of sp³-hybridized carbons (Fsp3) is 0.455. The molecule has 0 saturated carbocycles. The summed E-state index contributed by atoms with van der Waals surface area (Å²) in [4.78, 5) is 9.89. The summed E-state index contributed by atoms with van der Waals surface area (Å²) in [6, 6.07) is 2.91. The minimum absolute atomic E-state index is 0.208. The Hall–Kier alpha value is -1.45. The van der Waals surface area contributed by atoms with Crippen molar-refractivity contribution in [3.05, 3.63) is 39.2 Å². The lowest BCUT2D eigenvalue weighted by Crippen LogP contribution is -2.12. The van der Waals surface area contributed by atoms with E-state index in [1.807, 2.05) is 20.8 Å². The molecule has 0 amide bonds. The van der Waals surface area contributed by atoms with Gasteiger partial charge < -0.3 is 0 Å². The van der Waals surface area contributed by atoms with Crippen LogP contribution in [0.15, 0.2) is 12.1 Å². The standard InChI is InChI=1S/C11H14FNO2/c1-7-5-8(11(2,3)4)6-9(12)10(7)13(14)15/h5-6H,1-4H3. The molecule has 4 heteroatoms. The molecule has 1 rings (SSSR count). The van der Waals surface area contributed by atoms with Crippen molar-refractivity contribution in [1.29, 1.82) is 0 Å². The fourth-order valence-electron chi connectivity index (χ4n) is 1.40. The summed E-state index contributed by atoms with van der Waals surface area (Å²) in [6.07, 6.45) is 0. The highest BCUT2D eigenvalue weighted by Crippen LogP contribution is 2.29. The second-order valence-electron chi connectivity index (χ2n) is 4.63. The van der Waals surface area contributed by atoms with Crippen molar-refractivity contribution in [1.82, 2.24) is 0 Å². The molecule has 0 heterocycles. The summed E-state index contributed by atoms with van der Waals surface area (Å²) in [6.45, 7) is 7.36. The average Bonchev–Trinajstić information content (AvgIpc) is 1.99. The summed E-state index contributed by atoms with van der Waals surface area (Å²) in [7, 11) is 0. The van der Waals surface area contributed by atoms with Gasteiger partial charge in [0.2, 0.25) is 5.82 Å². The van der Waals surface area contributed by atoms with E-state index in [4.69, 9.17) is 0 Å². The minimum Gasteiger partial charge on any atom is -0.258 e. The van der Waals surface area contributed by atoms with Gasteiger partial charge in [-0.25, -0.2) is 0 Å². The largest absolute Gasteiger partial charge is 0.307 e. The molecule has 0 spiro atoms. The first-order valence-electron chi connectivity index (χ1n) is 4.68. The van der Waals surface area contributed by atoms with Crippen LogP contribution < -0.4 is 0 Å². The Labute approximate surface area is 88.1 Å². The van der Waals surface area contributed by atoms with Crippen LogP contribution in [-0.2, 0) is 5.41 Å². The molecule has 1 aromatic carbocycles.